The zero-order chi connectivity index (χ0) is 19.2. The van der Waals surface area contributed by atoms with Crippen LogP contribution in [0.15, 0.2) is 29.8 Å². The number of nitrogens with zero attached hydrogens (tertiary/aromatic N) is 3. The Morgan fingerprint density at radius 3 is 2.19 bits per heavy atom. The molecule has 142 valence electrons. The maximum absolute atomic E-state index is 12.7. The average molecular weight is 365 g/mol. The Kier molecular flexibility index (Phi) is 6.28. The highest BCUT2D eigenvalue weighted by atomic mass is 16.2. The average Bonchev–Trinajstić information content (AvgIpc) is 2.73. The molecular formula is C22H27N3O2. The molecule has 1 aromatic rings. The van der Waals surface area contributed by atoms with Gasteiger partial charge in [-0.15, -0.1) is 0 Å². The monoisotopic (exact) mass is 365 g/mol. The van der Waals surface area contributed by atoms with E-state index in [-0.39, 0.29) is 23.3 Å². The molecule has 1 aliphatic carbocycles. The van der Waals surface area contributed by atoms with E-state index in [0.29, 0.717) is 26.2 Å². The molecule has 0 aromatic heterocycles. The summed E-state index contributed by atoms with van der Waals surface area (Å²) in [6.07, 6.45) is 7.15. The zero-order valence-corrected chi connectivity index (χ0v) is 16.0. The lowest BCUT2D eigenvalue weighted by Gasteiger charge is -2.37. The predicted octanol–water partition coefficient (Wildman–Crippen LogP) is 3.15. The van der Waals surface area contributed by atoms with Crippen molar-refractivity contribution in [3.63, 3.8) is 0 Å². The van der Waals surface area contributed by atoms with Gasteiger partial charge in [-0.05, 0) is 31.4 Å². The normalized spacial score (nSPS) is 18.9. The second-order valence-corrected chi connectivity index (χ2v) is 7.53. The Hall–Kier alpha value is -2.61. The number of rotatable bonds is 3. The third-order valence-electron chi connectivity index (χ3n) is 5.57. The van der Waals surface area contributed by atoms with Crippen molar-refractivity contribution in [1.82, 2.24) is 9.80 Å². The molecule has 1 aromatic carbocycles. The zero-order valence-electron chi connectivity index (χ0n) is 16.0. The Labute approximate surface area is 161 Å². The van der Waals surface area contributed by atoms with E-state index < -0.39 is 0 Å². The van der Waals surface area contributed by atoms with Crippen molar-refractivity contribution in [1.29, 1.82) is 5.26 Å². The van der Waals surface area contributed by atoms with E-state index in [4.69, 9.17) is 0 Å². The molecular weight excluding hydrogens is 338 g/mol. The lowest BCUT2D eigenvalue weighted by Crippen LogP contribution is -2.52. The molecule has 0 N–H and O–H groups in total. The van der Waals surface area contributed by atoms with Crippen LogP contribution in [0.5, 0.6) is 0 Å². The molecule has 27 heavy (non-hydrogen) atoms. The van der Waals surface area contributed by atoms with Crippen LogP contribution >= 0.6 is 0 Å². The topological polar surface area (TPSA) is 64.4 Å². The minimum atomic E-state index is -0.247. The molecule has 5 heteroatoms. The number of aryl methyl sites for hydroxylation is 1. The van der Waals surface area contributed by atoms with E-state index in [1.165, 1.54) is 6.42 Å². The molecule has 1 aliphatic heterocycles. The Balaban J connectivity index is 1.59. The van der Waals surface area contributed by atoms with Crippen LogP contribution in [0.3, 0.4) is 0 Å². The summed E-state index contributed by atoms with van der Waals surface area (Å²) in [4.78, 5) is 28.9. The summed E-state index contributed by atoms with van der Waals surface area (Å²) in [5.74, 6) is 0.164. The summed E-state index contributed by atoms with van der Waals surface area (Å²) in [5, 5.41) is 9.42. The Morgan fingerprint density at radius 1 is 1.00 bits per heavy atom. The Bertz CT molecular complexity index is 747. The van der Waals surface area contributed by atoms with Crippen molar-refractivity contribution in [2.75, 3.05) is 26.2 Å². The number of hydrogen-bond acceptors (Lipinski definition) is 3. The number of carbonyl (C=O) groups excluding carboxylic acids is 2. The van der Waals surface area contributed by atoms with Crippen molar-refractivity contribution < 1.29 is 9.59 Å². The molecule has 0 unspecified atom stereocenters. The van der Waals surface area contributed by atoms with Crippen LogP contribution in [0, 0.1) is 24.2 Å². The number of nitriles is 1. The first-order valence-corrected chi connectivity index (χ1v) is 9.85. The van der Waals surface area contributed by atoms with Crippen LogP contribution in [0.2, 0.25) is 0 Å². The van der Waals surface area contributed by atoms with Crippen LogP contribution in [0.1, 0.15) is 43.2 Å². The van der Waals surface area contributed by atoms with E-state index >= 15 is 0 Å². The molecule has 0 spiro atoms. The maximum atomic E-state index is 12.7. The molecule has 2 fully saturated rings. The van der Waals surface area contributed by atoms with Crippen molar-refractivity contribution in [2.24, 2.45) is 5.92 Å². The van der Waals surface area contributed by atoms with E-state index in [1.54, 1.807) is 11.0 Å². The van der Waals surface area contributed by atoms with E-state index in [9.17, 15) is 14.9 Å². The van der Waals surface area contributed by atoms with Gasteiger partial charge in [0, 0.05) is 32.1 Å². The molecule has 0 radical (unpaired) electrons. The maximum Gasteiger partial charge on any atom is 0.264 e. The summed E-state index contributed by atoms with van der Waals surface area (Å²) in [7, 11) is 0. The largest absolute Gasteiger partial charge is 0.339 e. The highest BCUT2D eigenvalue weighted by Gasteiger charge is 2.30. The van der Waals surface area contributed by atoms with E-state index in [0.717, 1.165) is 36.8 Å². The summed E-state index contributed by atoms with van der Waals surface area (Å²) in [6.45, 7) is 4.10. The first-order valence-electron chi connectivity index (χ1n) is 9.85. The first kappa shape index (κ1) is 19.2. The van der Waals surface area contributed by atoms with Crippen LogP contribution in [0.4, 0.5) is 0 Å². The van der Waals surface area contributed by atoms with Gasteiger partial charge in [0.2, 0.25) is 5.91 Å². The van der Waals surface area contributed by atoms with Gasteiger partial charge in [-0.1, -0.05) is 49.1 Å². The number of benzene rings is 1. The predicted molar refractivity (Wildman–Crippen MR) is 105 cm³/mol. The molecule has 0 atom stereocenters. The lowest BCUT2D eigenvalue weighted by molar-refractivity contribution is -0.141. The van der Waals surface area contributed by atoms with E-state index in [1.807, 2.05) is 42.2 Å². The molecule has 3 rings (SSSR count). The molecule has 1 saturated heterocycles. The fraction of sp³-hybridized carbons (Fsp3) is 0.500. The standard InChI is InChI=1S/C22H27N3O2/c1-17-7-9-18(10-8-17)15-20(16-23)22(27)25-13-11-24(12-14-25)21(26)19-5-3-2-4-6-19/h7-10,15,19H,2-6,11-14H2,1H3/b20-15+. The summed E-state index contributed by atoms with van der Waals surface area (Å²) in [6, 6.07) is 9.76. The summed E-state index contributed by atoms with van der Waals surface area (Å²) >= 11 is 0. The minimum absolute atomic E-state index is 0.144. The van der Waals surface area contributed by atoms with Crippen molar-refractivity contribution in [3.8, 4) is 6.07 Å². The fourth-order valence-corrected chi connectivity index (χ4v) is 3.88. The summed E-state index contributed by atoms with van der Waals surface area (Å²) < 4.78 is 0. The third kappa shape index (κ3) is 4.77. The summed E-state index contributed by atoms with van der Waals surface area (Å²) in [5.41, 5.74) is 2.12. The van der Waals surface area contributed by atoms with Gasteiger partial charge in [0.1, 0.15) is 11.6 Å². The van der Waals surface area contributed by atoms with Gasteiger partial charge in [-0.25, -0.2) is 0 Å². The van der Waals surface area contributed by atoms with Gasteiger partial charge >= 0.3 is 0 Å². The molecule has 5 nitrogen and oxygen atoms in total. The highest BCUT2D eigenvalue weighted by Crippen LogP contribution is 2.26. The van der Waals surface area contributed by atoms with E-state index in [2.05, 4.69) is 0 Å². The quantitative estimate of drug-likeness (QED) is 0.610. The first-order chi connectivity index (χ1) is 13.1. The van der Waals surface area contributed by atoms with Crippen molar-refractivity contribution >= 4 is 17.9 Å². The number of piperazine rings is 1. The molecule has 1 saturated carbocycles. The fourth-order valence-electron chi connectivity index (χ4n) is 3.88. The number of carbonyl (C=O) groups is 2. The SMILES string of the molecule is Cc1ccc(/C=C(\C#N)C(=O)N2CCN(C(=O)C3CCCCC3)CC2)cc1. The van der Waals surface area contributed by atoms with Gasteiger partial charge < -0.3 is 9.80 Å². The van der Waals surface area contributed by atoms with Crippen LogP contribution in [-0.4, -0.2) is 47.8 Å². The van der Waals surface area contributed by atoms with Gasteiger partial charge in [0.25, 0.3) is 5.91 Å². The smallest absolute Gasteiger partial charge is 0.264 e. The van der Waals surface area contributed by atoms with Gasteiger partial charge in [0.15, 0.2) is 0 Å². The van der Waals surface area contributed by atoms with Gasteiger partial charge in [0.05, 0.1) is 0 Å². The third-order valence-corrected chi connectivity index (χ3v) is 5.57. The van der Waals surface area contributed by atoms with Crippen LogP contribution < -0.4 is 0 Å². The number of hydrogen-bond donors (Lipinski definition) is 0. The Morgan fingerprint density at radius 2 is 1.59 bits per heavy atom. The van der Waals surface area contributed by atoms with Crippen molar-refractivity contribution in [2.45, 2.75) is 39.0 Å². The molecule has 2 amide bonds. The molecule has 1 heterocycles. The van der Waals surface area contributed by atoms with Gasteiger partial charge in [-0.3, -0.25) is 9.59 Å². The number of amides is 2. The highest BCUT2D eigenvalue weighted by molar-refractivity contribution is 6.01. The van der Waals surface area contributed by atoms with Crippen LogP contribution in [0.25, 0.3) is 6.08 Å². The molecule has 0 bridgehead atoms. The van der Waals surface area contributed by atoms with Crippen LogP contribution in [-0.2, 0) is 9.59 Å². The van der Waals surface area contributed by atoms with Crippen molar-refractivity contribution in [3.05, 3.63) is 41.0 Å². The second kappa shape index (κ2) is 8.85. The lowest BCUT2D eigenvalue weighted by atomic mass is 9.88. The minimum Gasteiger partial charge on any atom is -0.339 e. The molecule has 2 aliphatic rings. The van der Waals surface area contributed by atoms with Gasteiger partial charge in [-0.2, -0.15) is 5.26 Å². The second-order valence-electron chi connectivity index (χ2n) is 7.53.